The molecule has 1 atom stereocenters. The van der Waals surface area contributed by atoms with Crippen LogP contribution < -0.4 is 19.5 Å². The molecule has 0 fully saturated rings. The summed E-state index contributed by atoms with van der Waals surface area (Å²) in [6, 6.07) is 11.6. The monoisotopic (exact) mass is 485 g/mol. The molecule has 9 heteroatoms. The van der Waals surface area contributed by atoms with Crippen LogP contribution in [0.3, 0.4) is 0 Å². The van der Waals surface area contributed by atoms with Crippen LogP contribution in [-0.4, -0.2) is 35.2 Å². The molecule has 1 aliphatic rings. The number of hydrogen-bond acceptors (Lipinski definition) is 7. The van der Waals surface area contributed by atoms with Gasteiger partial charge in [0.05, 0.1) is 24.8 Å². The third-order valence-corrected chi connectivity index (χ3v) is 8.40. The Kier molecular flexibility index (Phi) is 6.44. The molecule has 3 aromatic rings. The van der Waals surface area contributed by atoms with E-state index in [1.54, 1.807) is 36.8 Å². The van der Waals surface area contributed by atoms with Gasteiger partial charge >= 0.3 is 0 Å². The Bertz CT molecular complexity index is 1290. The van der Waals surface area contributed by atoms with Gasteiger partial charge in [0, 0.05) is 28.2 Å². The quantitative estimate of drug-likeness (QED) is 0.468. The van der Waals surface area contributed by atoms with Crippen molar-refractivity contribution in [2.45, 2.75) is 22.1 Å². The zero-order chi connectivity index (χ0) is 23.6. The maximum absolute atomic E-state index is 13.4. The van der Waals surface area contributed by atoms with Crippen LogP contribution in [0.4, 0.5) is 5.69 Å². The van der Waals surface area contributed by atoms with Crippen molar-refractivity contribution < 1.29 is 27.4 Å². The molecule has 0 saturated carbocycles. The standard InChI is InChI=1S/C24H23NO6S2/c1-4-12-31-23-17(6-5-7-19(23)30-3)18-13-21(26)25-22-20(14-32-24(18)22)33(27,28)16-10-8-15(29-2)9-11-16/h4-11,14,18H,1,12-13H2,2-3H3,(H,25,26). The van der Waals surface area contributed by atoms with Crippen molar-refractivity contribution >= 4 is 32.8 Å². The predicted molar refractivity (Wildman–Crippen MR) is 127 cm³/mol. The molecular formula is C24H23NO6S2. The van der Waals surface area contributed by atoms with E-state index in [4.69, 9.17) is 14.2 Å². The van der Waals surface area contributed by atoms with E-state index >= 15 is 0 Å². The Hall–Kier alpha value is -3.30. The number of para-hydroxylation sites is 1. The van der Waals surface area contributed by atoms with Crippen LogP contribution in [0, 0.1) is 0 Å². The summed E-state index contributed by atoms with van der Waals surface area (Å²) in [5.74, 6) is 0.950. The van der Waals surface area contributed by atoms with Gasteiger partial charge in [-0.3, -0.25) is 4.79 Å². The van der Waals surface area contributed by atoms with Gasteiger partial charge in [-0.2, -0.15) is 0 Å². The van der Waals surface area contributed by atoms with E-state index in [0.29, 0.717) is 22.9 Å². The summed E-state index contributed by atoms with van der Waals surface area (Å²) in [7, 11) is -0.798. The van der Waals surface area contributed by atoms with E-state index in [0.717, 1.165) is 10.4 Å². The van der Waals surface area contributed by atoms with Crippen molar-refractivity contribution in [1.82, 2.24) is 0 Å². The average molecular weight is 486 g/mol. The number of thiophene rings is 1. The van der Waals surface area contributed by atoms with Crippen molar-refractivity contribution in [3.63, 3.8) is 0 Å². The van der Waals surface area contributed by atoms with Gasteiger partial charge in [0.1, 0.15) is 17.3 Å². The highest BCUT2D eigenvalue weighted by atomic mass is 32.2. The van der Waals surface area contributed by atoms with E-state index in [9.17, 15) is 13.2 Å². The molecule has 0 aliphatic carbocycles. The summed E-state index contributed by atoms with van der Waals surface area (Å²) in [6.45, 7) is 3.95. The number of sulfone groups is 1. The number of nitrogens with one attached hydrogen (secondary N) is 1. The normalized spacial score (nSPS) is 15.3. The molecule has 1 unspecified atom stereocenters. The first-order chi connectivity index (χ1) is 15.9. The molecule has 1 amide bonds. The van der Waals surface area contributed by atoms with Gasteiger partial charge in [-0.25, -0.2) is 8.42 Å². The van der Waals surface area contributed by atoms with E-state index in [2.05, 4.69) is 11.9 Å². The van der Waals surface area contributed by atoms with Crippen LogP contribution >= 0.6 is 11.3 Å². The lowest BCUT2D eigenvalue weighted by molar-refractivity contribution is -0.116. The van der Waals surface area contributed by atoms with Crippen LogP contribution in [0.25, 0.3) is 0 Å². The van der Waals surface area contributed by atoms with Crippen molar-refractivity contribution in [3.05, 3.63) is 70.9 Å². The van der Waals surface area contributed by atoms with Crippen molar-refractivity contribution in [3.8, 4) is 17.2 Å². The molecule has 0 spiro atoms. The zero-order valence-corrected chi connectivity index (χ0v) is 19.8. The summed E-state index contributed by atoms with van der Waals surface area (Å²) in [4.78, 5) is 13.6. The number of carbonyl (C=O) groups is 1. The predicted octanol–water partition coefficient (Wildman–Crippen LogP) is 4.64. The molecule has 0 bridgehead atoms. The second kappa shape index (κ2) is 9.29. The average Bonchev–Trinajstić information content (AvgIpc) is 3.26. The van der Waals surface area contributed by atoms with Crippen LogP contribution in [0.1, 0.15) is 22.8 Å². The van der Waals surface area contributed by atoms with Crippen LogP contribution in [-0.2, 0) is 14.6 Å². The van der Waals surface area contributed by atoms with Crippen LogP contribution in [0.5, 0.6) is 17.2 Å². The summed E-state index contributed by atoms with van der Waals surface area (Å²) in [5, 5.41) is 4.35. The fraction of sp³-hybridized carbons (Fsp3) is 0.208. The van der Waals surface area contributed by atoms with Crippen molar-refractivity contribution in [2.75, 3.05) is 26.1 Å². The fourth-order valence-electron chi connectivity index (χ4n) is 3.80. The lowest BCUT2D eigenvalue weighted by Crippen LogP contribution is -2.24. The Balaban J connectivity index is 1.81. The number of methoxy groups -OCH3 is 2. The van der Waals surface area contributed by atoms with Gasteiger partial charge in [0.2, 0.25) is 15.7 Å². The van der Waals surface area contributed by atoms with E-state index in [-0.39, 0.29) is 34.6 Å². The number of rotatable bonds is 8. The Morgan fingerprint density at radius 1 is 1.15 bits per heavy atom. The smallest absolute Gasteiger partial charge is 0.225 e. The highest BCUT2D eigenvalue weighted by Crippen LogP contribution is 2.49. The minimum Gasteiger partial charge on any atom is -0.497 e. The van der Waals surface area contributed by atoms with Gasteiger partial charge in [-0.05, 0) is 30.3 Å². The van der Waals surface area contributed by atoms with Crippen LogP contribution in [0.15, 0.2) is 70.3 Å². The molecule has 1 aromatic heterocycles. The molecule has 1 N–H and O–H groups in total. The summed E-state index contributed by atoms with van der Waals surface area (Å²) in [5.41, 5.74) is 1.07. The maximum atomic E-state index is 13.4. The number of amides is 1. The molecule has 172 valence electrons. The number of carbonyl (C=O) groups excluding carboxylic acids is 1. The fourth-order valence-corrected chi connectivity index (χ4v) is 6.70. The third-order valence-electron chi connectivity index (χ3n) is 5.37. The molecule has 7 nitrogen and oxygen atoms in total. The maximum Gasteiger partial charge on any atom is 0.225 e. The molecule has 0 radical (unpaired) electrons. The number of benzene rings is 2. The van der Waals surface area contributed by atoms with Gasteiger partial charge in [-0.1, -0.05) is 24.8 Å². The van der Waals surface area contributed by atoms with Crippen LogP contribution in [0.2, 0.25) is 0 Å². The summed E-state index contributed by atoms with van der Waals surface area (Å²) >= 11 is 1.30. The molecular weight excluding hydrogens is 462 g/mol. The summed E-state index contributed by atoms with van der Waals surface area (Å²) < 4.78 is 43.2. The highest BCUT2D eigenvalue weighted by Gasteiger charge is 2.36. The minimum absolute atomic E-state index is 0.0715. The first-order valence-corrected chi connectivity index (χ1v) is 12.5. The van der Waals surface area contributed by atoms with E-state index in [1.807, 2.05) is 12.1 Å². The largest absolute Gasteiger partial charge is 0.497 e. The Morgan fingerprint density at radius 3 is 2.58 bits per heavy atom. The van der Waals surface area contributed by atoms with E-state index < -0.39 is 9.84 Å². The highest BCUT2D eigenvalue weighted by molar-refractivity contribution is 7.91. The number of fused-ring (bicyclic) bond motifs is 1. The SMILES string of the molecule is C=CCOc1c(OC)cccc1C1CC(=O)Nc2c(S(=O)(=O)c3ccc(OC)cc3)csc21. The molecule has 1 aliphatic heterocycles. The number of anilines is 1. The number of hydrogen-bond donors (Lipinski definition) is 1. The van der Waals surface area contributed by atoms with Crippen molar-refractivity contribution in [1.29, 1.82) is 0 Å². The zero-order valence-electron chi connectivity index (χ0n) is 18.2. The van der Waals surface area contributed by atoms with Gasteiger partial charge in [0.25, 0.3) is 0 Å². The first kappa shape index (κ1) is 22.9. The molecule has 0 saturated heterocycles. The Labute approximate surface area is 196 Å². The minimum atomic E-state index is -3.86. The molecule has 33 heavy (non-hydrogen) atoms. The van der Waals surface area contributed by atoms with Gasteiger partial charge in [-0.15, -0.1) is 11.3 Å². The lowest BCUT2D eigenvalue weighted by atomic mass is 9.89. The second-order valence-electron chi connectivity index (χ2n) is 7.30. The van der Waals surface area contributed by atoms with Gasteiger partial charge in [0.15, 0.2) is 11.5 Å². The third kappa shape index (κ3) is 4.21. The number of ether oxygens (including phenoxy) is 3. The van der Waals surface area contributed by atoms with Gasteiger partial charge < -0.3 is 19.5 Å². The second-order valence-corrected chi connectivity index (χ2v) is 10.1. The van der Waals surface area contributed by atoms with E-state index in [1.165, 1.54) is 30.6 Å². The topological polar surface area (TPSA) is 90.9 Å². The van der Waals surface area contributed by atoms with Crippen molar-refractivity contribution in [2.24, 2.45) is 0 Å². The molecule has 2 aromatic carbocycles. The molecule has 2 heterocycles. The lowest BCUT2D eigenvalue weighted by Gasteiger charge is -2.26. The first-order valence-electron chi connectivity index (χ1n) is 10.1. The summed E-state index contributed by atoms with van der Waals surface area (Å²) in [6.07, 6.45) is 1.78. The molecule has 4 rings (SSSR count). The Morgan fingerprint density at radius 2 is 1.91 bits per heavy atom.